The Morgan fingerprint density at radius 1 is 1.47 bits per heavy atom. The smallest absolute Gasteiger partial charge is 0.0943 e. The summed E-state index contributed by atoms with van der Waals surface area (Å²) < 4.78 is 11.1. The van der Waals surface area contributed by atoms with Crippen LogP contribution < -0.4 is 0 Å². The van der Waals surface area contributed by atoms with Crippen LogP contribution in [0.5, 0.6) is 0 Å². The molecule has 0 unspecified atom stereocenters. The van der Waals surface area contributed by atoms with Gasteiger partial charge in [0.2, 0.25) is 0 Å². The first-order valence-electron chi connectivity index (χ1n) is 5.65. The highest BCUT2D eigenvalue weighted by Gasteiger charge is 2.51. The quantitative estimate of drug-likeness (QED) is 0.718. The highest BCUT2D eigenvalue weighted by molar-refractivity contribution is 5.19. The van der Waals surface area contributed by atoms with Gasteiger partial charge in [0.15, 0.2) is 0 Å². The van der Waals surface area contributed by atoms with Crippen LogP contribution in [0.3, 0.4) is 0 Å². The second-order valence-corrected chi connectivity index (χ2v) is 4.78. The summed E-state index contributed by atoms with van der Waals surface area (Å²) in [5.74, 6) is 0.326. The summed E-state index contributed by atoms with van der Waals surface area (Å²) in [6.45, 7) is 4.77. The average molecular weight is 212 g/mol. The first-order chi connectivity index (χ1) is 7.10. The van der Waals surface area contributed by atoms with Gasteiger partial charge in [-0.15, -0.1) is 0 Å². The van der Waals surface area contributed by atoms with Gasteiger partial charge in [0.05, 0.1) is 17.8 Å². The van der Waals surface area contributed by atoms with Crippen LogP contribution in [-0.2, 0) is 9.47 Å². The summed E-state index contributed by atoms with van der Waals surface area (Å²) in [5, 5.41) is 10.1. The number of methoxy groups -OCH3 is 1. The Labute approximate surface area is 91.1 Å². The topological polar surface area (TPSA) is 38.7 Å². The normalized spacial score (nSPS) is 48.5. The van der Waals surface area contributed by atoms with E-state index >= 15 is 0 Å². The Morgan fingerprint density at radius 3 is 2.87 bits per heavy atom. The van der Waals surface area contributed by atoms with Crippen LogP contribution in [0.4, 0.5) is 0 Å². The van der Waals surface area contributed by atoms with Gasteiger partial charge in [-0.2, -0.15) is 0 Å². The van der Waals surface area contributed by atoms with Crippen LogP contribution in [-0.4, -0.2) is 36.6 Å². The molecule has 3 heteroatoms. The fourth-order valence-corrected chi connectivity index (χ4v) is 2.70. The van der Waals surface area contributed by atoms with Crippen molar-refractivity contribution in [1.82, 2.24) is 0 Å². The summed E-state index contributed by atoms with van der Waals surface area (Å²) in [6.07, 6.45) is 4.83. The Hall–Kier alpha value is -0.380. The zero-order chi connectivity index (χ0) is 11.1. The lowest BCUT2D eigenvalue weighted by molar-refractivity contribution is -0.177. The van der Waals surface area contributed by atoms with Gasteiger partial charge in [0.25, 0.3) is 0 Å². The standard InChI is InChI=1S/C12H20O3/c1-8-10-4-5-12(15-10,6-7-14-3)9(2)11(8)13/h4-5,8-11,13H,6-7H2,1-3H3/t8-,9-,10+,11-,12+/m1/s1. The fourth-order valence-electron chi connectivity index (χ4n) is 2.70. The third-order valence-corrected chi connectivity index (χ3v) is 3.96. The van der Waals surface area contributed by atoms with Crippen molar-refractivity contribution in [3.63, 3.8) is 0 Å². The number of ether oxygens (including phenoxy) is 2. The minimum Gasteiger partial charge on any atom is -0.392 e. The van der Waals surface area contributed by atoms with E-state index < -0.39 is 0 Å². The number of rotatable bonds is 3. The number of aliphatic hydroxyl groups excluding tert-OH is 1. The minimum absolute atomic E-state index is 0.0769. The lowest BCUT2D eigenvalue weighted by Gasteiger charge is -2.45. The molecule has 2 aliphatic rings. The van der Waals surface area contributed by atoms with Crippen molar-refractivity contribution in [2.24, 2.45) is 11.8 Å². The zero-order valence-corrected chi connectivity index (χ0v) is 9.64. The lowest BCUT2D eigenvalue weighted by Crippen LogP contribution is -2.52. The van der Waals surface area contributed by atoms with Gasteiger partial charge in [-0.05, 0) is 0 Å². The summed E-state index contributed by atoms with van der Waals surface area (Å²) in [6, 6.07) is 0. The molecule has 2 bridgehead atoms. The van der Waals surface area contributed by atoms with Crippen LogP contribution in [0, 0.1) is 11.8 Å². The predicted octanol–water partition coefficient (Wildman–Crippen LogP) is 1.36. The van der Waals surface area contributed by atoms with Gasteiger partial charge < -0.3 is 14.6 Å². The maximum absolute atomic E-state index is 10.1. The van der Waals surface area contributed by atoms with Gasteiger partial charge in [-0.25, -0.2) is 0 Å². The molecule has 1 saturated heterocycles. The molecule has 1 N–H and O–H groups in total. The molecule has 0 aromatic carbocycles. The molecule has 15 heavy (non-hydrogen) atoms. The van der Waals surface area contributed by atoms with Crippen LogP contribution in [0.2, 0.25) is 0 Å². The zero-order valence-electron chi connectivity index (χ0n) is 9.64. The Bertz CT molecular complexity index is 264. The van der Waals surface area contributed by atoms with Crippen LogP contribution in [0.1, 0.15) is 20.3 Å². The van der Waals surface area contributed by atoms with E-state index in [1.807, 2.05) is 6.92 Å². The van der Waals surface area contributed by atoms with Gasteiger partial charge in [-0.1, -0.05) is 26.0 Å². The molecule has 2 aliphatic heterocycles. The van der Waals surface area contributed by atoms with Crippen molar-refractivity contribution < 1.29 is 14.6 Å². The molecule has 1 fully saturated rings. The van der Waals surface area contributed by atoms with Gasteiger partial charge in [-0.3, -0.25) is 0 Å². The Kier molecular flexibility index (Phi) is 2.88. The van der Waals surface area contributed by atoms with E-state index in [-0.39, 0.29) is 29.6 Å². The van der Waals surface area contributed by atoms with Crippen LogP contribution in [0.25, 0.3) is 0 Å². The maximum Gasteiger partial charge on any atom is 0.0943 e. The molecule has 0 aliphatic carbocycles. The molecule has 0 amide bonds. The van der Waals surface area contributed by atoms with E-state index in [0.717, 1.165) is 6.42 Å². The van der Waals surface area contributed by atoms with Crippen molar-refractivity contribution in [3.05, 3.63) is 12.2 Å². The maximum atomic E-state index is 10.1. The van der Waals surface area contributed by atoms with E-state index in [2.05, 4.69) is 19.1 Å². The van der Waals surface area contributed by atoms with Crippen LogP contribution >= 0.6 is 0 Å². The summed E-state index contributed by atoms with van der Waals surface area (Å²) in [4.78, 5) is 0. The van der Waals surface area contributed by atoms with E-state index in [1.54, 1.807) is 7.11 Å². The van der Waals surface area contributed by atoms with Crippen LogP contribution in [0.15, 0.2) is 12.2 Å². The number of aliphatic hydroxyl groups is 1. The molecule has 86 valence electrons. The van der Waals surface area contributed by atoms with Crippen molar-refractivity contribution in [2.75, 3.05) is 13.7 Å². The van der Waals surface area contributed by atoms with E-state index in [1.165, 1.54) is 0 Å². The van der Waals surface area contributed by atoms with E-state index in [0.29, 0.717) is 6.61 Å². The predicted molar refractivity (Wildman–Crippen MR) is 57.6 cm³/mol. The molecule has 2 heterocycles. The lowest BCUT2D eigenvalue weighted by atomic mass is 9.77. The molecule has 5 atom stereocenters. The third-order valence-electron chi connectivity index (χ3n) is 3.96. The highest BCUT2D eigenvalue weighted by atomic mass is 16.5. The fraction of sp³-hybridized carbons (Fsp3) is 0.833. The molecule has 0 aromatic heterocycles. The monoisotopic (exact) mass is 212 g/mol. The molecular weight excluding hydrogens is 192 g/mol. The van der Waals surface area contributed by atoms with Gasteiger partial charge in [0, 0.05) is 32.0 Å². The minimum atomic E-state index is -0.299. The molecule has 0 aromatic rings. The molecule has 3 nitrogen and oxygen atoms in total. The molecule has 0 saturated carbocycles. The second kappa shape index (κ2) is 3.89. The molecular formula is C12H20O3. The van der Waals surface area contributed by atoms with E-state index in [9.17, 15) is 5.11 Å². The molecule has 0 spiro atoms. The second-order valence-electron chi connectivity index (χ2n) is 4.78. The number of fused-ring (bicyclic) bond motifs is 2. The number of hydrogen-bond acceptors (Lipinski definition) is 3. The van der Waals surface area contributed by atoms with Crippen molar-refractivity contribution in [3.8, 4) is 0 Å². The van der Waals surface area contributed by atoms with Crippen molar-refractivity contribution >= 4 is 0 Å². The van der Waals surface area contributed by atoms with E-state index in [4.69, 9.17) is 9.47 Å². The Morgan fingerprint density at radius 2 is 2.20 bits per heavy atom. The SMILES string of the molecule is COCC[C@]12C=C[C@H](O1)[C@@H](C)[C@@H](O)[C@H]2C. The van der Waals surface area contributed by atoms with Gasteiger partial charge in [0.1, 0.15) is 0 Å². The van der Waals surface area contributed by atoms with Crippen molar-refractivity contribution in [2.45, 2.75) is 38.1 Å². The number of hydrogen-bond donors (Lipinski definition) is 1. The first kappa shape index (κ1) is 11.1. The highest BCUT2D eigenvalue weighted by Crippen LogP contribution is 2.45. The summed E-state index contributed by atoms with van der Waals surface area (Å²) >= 11 is 0. The largest absolute Gasteiger partial charge is 0.392 e. The summed E-state index contributed by atoms with van der Waals surface area (Å²) in [7, 11) is 1.69. The Balaban J connectivity index is 2.16. The summed E-state index contributed by atoms with van der Waals surface area (Å²) in [5.41, 5.74) is -0.299. The average Bonchev–Trinajstić information content (AvgIpc) is 2.65. The van der Waals surface area contributed by atoms with Gasteiger partial charge >= 0.3 is 0 Å². The molecule has 2 rings (SSSR count). The van der Waals surface area contributed by atoms with Crippen molar-refractivity contribution in [1.29, 1.82) is 0 Å². The first-order valence-corrected chi connectivity index (χ1v) is 5.65. The molecule has 0 radical (unpaired) electrons. The third kappa shape index (κ3) is 1.63.